The van der Waals surface area contributed by atoms with Crippen LogP contribution < -0.4 is 0 Å². The molecule has 1 fully saturated rings. The third-order valence-electron chi connectivity index (χ3n) is 2.42. The summed E-state index contributed by atoms with van der Waals surface area (Å²) in [5, 5.41) is 0. The maximum Gasteiger partial charge on any atom is 0.334 e. The summed E-state index contributed by atoms with van der Waals surface area (Å²) in [4.78, 5) is 11.0. The van der Waals surface area contributed by atoms with Crippen molar-refractivity contribution in [3.63, 3.8) is 0 Å². The van der Waals surface area contributed by atoms with E-state index in [0.29, 0.717) is 12.2 Å². The standard InChI is InChI=1S/C13H12O2/c1-10-12(9-15-13(10)14)8-7-11-5-3-2-4-6-11/h2-8,12H,1,9H2. The molecule has 0 aliphatic carbocycles. The van der Waals surface area contributed by atoms with Gasteiger partial charge in [0.25, 0.3) is 0 Å². The number of hydrogen-bond donors (Lipinski definition) is 0. The van der Waals surface area contributed by atoms with E-state index in [1.54, 1.807) is 0 Å². The smallest absolute Gasteiger partial charge is 0.334 e. The molecular weight excluding hydrogens is 188 g/mol. The van der Waals surface area contributed by atoms with Crippen molar-refractivity contribution in [2.75, 3.05) is 6.61 Å². The van der Waals surface area contributed by atoms with Gasteiger partial charge in [-0.05, 0) is 5.56 Å². The van der Waals surface area contributed by atoms with Gasteiger partial charge in [0.15, 0.2) is 0 Å². The highest BCUT2D eigenvalue weighted by Gasteiger charge is 2.26. The molecule has 1 saturated heterocycles. The molecule has 0 saturated carbocycles. The monoisotopic (exact) mass is 200 g/mol. The Kier molecular flexibility index (Phi) is 2.68. The first-order valence-electron chi connectivity index (χ1n) is 4.86. The maximum atomic E-state index is 11.0. The van der Waals surface area contributed by atoms with Crippen LogP contribution in [0.4, 0.5) is 0 Å². The summed E-state index contributed by atoms with van der Waals surface area (Å²) in [7, 11) is 0. The highest BCUT2D eigenvalue weighted by molar-refractivity contribution is 5.91. The molecular formula is C13H12O2. The predicted molar refractivity (Wildman–Crippen MR) is 59.1 cm³/mol. The van der Waals surface area contributed by atoms with Gasteiger partial charge in [0, 0.05) is 11.5 Å². The largest absolute Gasteiger partial charge is 0.461 e. The molecule has 1 aromatic carbocycles. The molecule has 1 unspecified atom stereocenters. The normalized spacial score (nSPS) is 20.9. The minimum Gasteiger partial charge on any atom is -0.461 e. The summed E-state index contributed by atoms with van der Waals surface area (Å²) in [5.41, 5.74) is 1.66. The summed E-state index contributed by atoms with van der Waals surface area (Å²) < 4.78 is 4.88. The van der Waals surface area contributed by atoms with E-state index in [1.165, 1.54) is 0 Å². The molecule has 0 N–H and O–H groups in total. The molecule has 15 heavy (non-hydrogen) atoms. The van der Waals surface area contributed by atoms with Crippen molar-refractivity contribution >= 4 is 12.0 Å². The number of benzene rings is 1. The van der Waals surface area contributed by atoms with Gasteiger partial charge in [-0.1, -0.05) is 49.1 Å². The second-order valence-electron chi connectivity index (χ2n) is 3.50. The molecule has 1 aromatic rings. The highest BCUT2D eigenvalue weighted by Crippen LogP contribution is 2.21. The molecule has 1 atom stereocenters. The lowest BCUT2D eigenvalue weighted by Gasteiger charge is -1.98. The minimum atomic E-state index is -0.280. The fourth-order valence-corrected chi connectivity index (χ4v) is 1.47. The fraction of sp³-hybridized carbons (Fsp3) is 0.154. The molecule has 0 radical (unpaired) electrons. The van der Waals surface area contributed by atoms with Gasteiger partial charge in [-0.3, -0.25) is 0 Å². The first-order valence-corrected chi connectivity index (χ1v) is 4.86. The molecule has 1 aliphatic rings. The van der Waals surface area contributed by atoms with Crippen LogP contribution in [0.1, 0.15) is 5.56 Å². The molecule has 0 amide bonds. The zero-order chi connectivity index (χ0) is 10.7. The van der Waals surface area contributed by atoms with E-state index in [0.717, 1.165) is 5.56 Å². The van der Waals surface area contributed by atoms with Gasteiger partial charge in [-0.15, -0.1) is 0 Å². The van der Waals surface area contributed by atoms with Gasteiger partial charge in [0.2, 0.25) is 0 Å². The summed E-state index contributed by atoms with van der Waals surface area (Å²) >= 11 is 0. The quantitative estimate of drug-likeness (QED) is 0.541. The molecule has 1 aliphatic heterocycles. The molecule has 0 bridgehead atoms. The number of rotatable bonds is 2. The molecule has 2 heteroatoms. The number of ether oxygens (including phenoxy) is 1. The molecule has 1 heterocycles. The number of carbonyl (C=O) groups excluding carboxylic acids is 1. The van der Waals surface area contributed by atoms with Gasteiger partial charge in [-0.25, -0.2) is 4.79 Å². The Morgan fingerprint density at radius 1 is 1.33 bits per heavy atom. The van der Waals surface area contributed by atoms with E-state index >= 15 is 0 Å². The van der Waals surface area contributed by atoms with Crippen LogP contribution in [0.15, 0.2) is 48.6 Å². The van der Waals surface area contributed by atoms with Gasteiger partial charge in [-0.2, -0.15) is 0 Å². The zero-order valence-electron chi connectivity index (χ0n) is 8.35. The van der Waals surface area contributed by atoms with E-state index in [-0.39, 0.29) is 11.9 Å². The number of cyclic esters (lactones) is 1. The Hall–Kier alpha value is -1.83. The van der Waals surface area contributed by atoms with Crippen molar-refractivity contribution < 1.29 is 9.53 Å². The van der Waals surface area contributed by atoms with Crippen molar-refractivity contribution in [3.8, 4) is 0 Å². The maximum absolute atomic E-state index is 11.0. The predicted octanol–water partition coefficient (Wildman–Crippen LogP) is 2.43. The van der Waals surface area contributed by atoms with Crippen LogP contribution in [-0.4, -0.2) is 12.6 Å². The lowest BCUT2D eigenvalue weighted by Crippen LogP contribution is -1.97. The average Bonchev–Trinajstić information content (AvgIpc) is 2.59. The van der Waals surface area contributed by atoms with Crippen molar-refractivity contribution in [1.82, 2.24) is 0 Å². The molecule has 0 spiro atoms. The topological polar surface area (TPSA) is 26.3 Å². The summed E-state index contributed by atoms with van der Waals surface area (Å²) in [6, 6.07) is 9.95. The second-order valence-corrected chi connectivity index (χ2v) is 3.50. The molecule has 2 rings (SSSR count). The summed E-state index contributed by atoms with van der Waals surface area (Å²) in [6.07, 6.45) is 3.94. The van der Waals surface area contributed by atoms with Crippen molar-refractivity contribution in [2.24, 2.45) is 5.92 Å². The molecule has 0 aromatic heterocycles. The van der Waals surface area contributed by atoms with Gasteiger partial charge < -0.3 is 4.74 Å². The Labute approximate surface area is 88.9 Å². The lowest BCUT2D eigenvalue weighted by molar-refractivity contribution is -0.135. The Morgan fingerprint density at radius 3 is 2.67 bits per heavy atom. The fourth-order valence-electron chi connectivity index (χ4n) is 1.47. The van der Waals surface area contributed by atoms with Crippen LogP contribution >= 0.6 is 0 Å². The van der Waals surface area contributed by atoms with E-state index in [4.69, 9.17) is 4.74 Å². The number of carbonyl (C=O) groups is 1. The Morgan fingerprint density at radius 2 is 2.07 bits per heavy atom. The van der Waals surface area contributed by atoms with Gasteiger partial charge >= 0.3 is 5.97 Å². The SMILES string of the molecule is C=C1C(=O)OCC1C=Cc1ccccc1. The van der Waals surface area contributed by atoms with Crippen molar-refractivity contribution in [2.45, 2.75) is 0 Å². The average molecular weight is 200 g/mol. The van der Waals surface area contributed by atoms with Crippen LogP contribution in [0.25, 0.3) is 6.08 Å². The first-order chi connectivity index (χ1) is 7.27. The Bertz CT molecular complexity index is 404. The van der Waals surface area contributed by atoms with E-state index in [2.05, 4.69) is 6.58 Å². The first kappa shape index (κ1) is 9.71. The highest BCUT2D eigenvalue weighted by atomic mass is 16.5. The minimum absolute atomic E-state index is 0.0257. The van der Waals surface area contributed by atoms with E-state index in [1.807, 2.05) is 42.5 Å². The Balaban J connectivity index is 2.07. The second kappa shape index (κ2) is 4.13. The third-order valence-corrected chi connectivity index (χ3v) is 2.42. The van der Waals surface area contributed by atoms with E-state index in [9.17, 15) is 4.79 Å². The van der Waals surface area contributed by atoms with Gasteiger partial charge in [0.1, 0.15) is 6.61 Å². The van der Waals surface area contributed by atoms with E-state index < -0.39 is 0 Å². The molecule has 76 valence electrons. The van der Waals surface area contributed by atoms with Gasteiger partial charge in [0.05, 0.1) is 0 Å². The summed E-state index contributed by atoms with van der Waals surface area (Å²) in [5.74, 6) is -0.254. The number of hydrogen-bond acceptors (Lipinski definition) is 2. The van der Waals surface area contributed by atoms with Crippen molar-refractivity contribution in [3.05, 3.63) is 54.1 Å². The van der Waals surface area contributed by atoms with Crippen LogP contribution in [0, 0.1) is 5.92 Å². The van der Waals surface area contributed by atoms with Crippen LogP contribution in [-0.2, 0) is 9.53 Å². The van der Waals surface area contributed by atoms with Crippen molar-refractivity contribution in [1.29, 1.82) is 0 Å². The van der Waals surface area contributed by atoms with Crippen LogP contribution in [0.3, 0.4) is 0 Å². The van der Waals surface area contributed by atoms with Crippen LogP contribution in [0.2, 0.25) is 0 Å². The number of esters is 1. The lowest BCUT2D eigenvalue weighted by atomic mass is 10.0. The van der Waals surface area contributed by atoms with Crippen LogP contribution in [0.5, 0.6) is 0 Å². The zero-order valence-corrected chi connectivity index (χ0v) is 8.35. The third kappa shape index (κ3) is 2.15. The summed E-state index contributed by atoms with van der Waals surface area (Å²) in [6.45, 7) is 4.12. The molecule has 2 nitrogen and oxygen atoms in total.